The van der Waals surface area contributed by atoms with Crippen molar-refractivity contribution in [2.45, 2.75) is 13.8 Å². The van der Waals surface area contributed by atoms with E-state index in [1.807, 2.05) is 14.1 Å². The van der Waals surface area contributed by atoms with Gasteiger partial charge in [0.05, 0.1) is 5.69 Å². The van der Waals surface area contributed by atoms with Crippen molar-refractivity contribution in [3.05, 3.63) is 24.0 Å². The lowest BCUT2D eigenvalue weighted by atomic mass is 9.93. The largest absolute Gasteiger partial charge is 0.476 e. The molecule has 1 aromatic heterocycles. The number of nitrogens with one attached hydrogen (secondary N) is 1. The van der Waals surface area contributed by atoms with Gasteiger partial charge in [0.25, 0.3) is 0 Å². The highest BCUT2D eigenvalue weighted by Gasteiger charge is 2.20. The third kappa shape index (κ3) is 4.33. The summed E-state index contributed by atoms with van der Waals surface area (Å²) in [7, 11) is 4.04. The zero-order valence-electron chi connectivity index (χ0n) is 11.4. The van der Waals surface area contributed by atoms with Crippen LogP contribution >= 0.6 is 0 Å². The Kier molecular flexibility index (Phi) is 4.67. The first-order valence-corrected chi connectivity index (χ1v) is 5.89. The molecule has 0 spiro atoms. The Bertz CT molecular complexity index is 416. The lowest BCUT2D eigenvalue weighted by Crippen LogP contribution is -2.34. The highest BCUT2D eigenvalue weighted by Crippen LogP contribution is 2.19. The third-order valence-electron chi connectivity index (χ3n) is 2.51. The number of hydrogen-bond donors (Lipinski definition) is 2. The van der Waals surface area contributed by atoms with Gasteiger partial charge >= 0.3 is 5.97 Å². The van der Waals surface area contributed by atoms with E-state index in [0.29, 0.717) is 12.2 Å². The van der Waals surface area contributed by atoms with Gasteiger partial charge in [0.2, 0.25) is 0 Å². The second-order valence-corrected chi connectivity index (χ2v) is 5.46. The van der Waals surface area contributed by atoms with Crippen molar-refractivity contribution in [2.75, 3.05) is 32.5 Å². The van der Waals surface area contributed by atoms with Gasteiger partial charge in [-0.05, 0) is 31.6 Å². The van der Waals surface area contributed by atoms with E-state index in [4.69, 9.17) is 5.11 Å². The number of carboxylic acid groups (broad SMARTS) is 1. The van der Waals surface area contributed by atoms with Crippen molar-refractivity contribution < 1.29 is 9.90 Å². The quantitative estimate of drug-likeness (QED) is 0.806. The SMILES string of the molecule is CN(C)CC(C)(C)CNc1cccnc1C(=O)O. The number of aromatic nitrogens is 1. The maximum Gasteiger partial charge on any atom is 0.356 e. The Hall–Kier alpha value is -1.62. The maximum absolute atomic E-state index is 11.0. The minimum absolute atomic E-state index is 0.0507. The number of rotatable bonds is 6. The molecular formula is C13H21N3O2. The van der Waals surface area contributed by atoms with Crippen molar-refractivity contribution in [1.82, 2.24) is 9.88 Å². The summed E-state index contributed by atoms with van der Waals surface area (Å²) in [4.78, 5) is 17.0. The van der Waals surface area contributed by atoms with Crippen molar-refractivity contribution in [3.63, 3.8) is 0 Å². The van der Waals surface area contributed by atoms with E-state index in [0.717, 1.165) is 6.54 Å². The fourth-order valence-electron chi connectivity index (χ4n) is 1.96. The van der Waals surface area contributed by atoms with Crippen molar-refractivity contribution in [2.24, 2.45) is 5.41 Å². The van der Waals surface area contributed by atoms with Crippen LogP contribution in [-0.4, -0.2) is 48.1 Å². The van der Waals surface area contributed by atoms with Crippen LogP contribution in [0.2, 0.25) is 0 Å². The van der Waals surface area contributed by atoms with Crippen molar-refractivity contribution >= 4 is 11.7 Å². The molecule has 0 atom stereocenters. The van der Waals surface area contributed by atoms with Crippen LogP contribution in [0.3, 0.4) is 0 Å². The van der Waals surface area contributed by atoms with Gasteiger partial charge in [0, 0.05) is 19.3 Å². The highest BCUT2D eigenvalue weighted by molar-refractivity contribution is 5.91. The number of carboxylic acids is 1. The molecule has 18 heavy (non-hydrogen) atoms. The maximum atomic E-state index is 11.0. The van der Waals surface area contributed by atoms with E-state index >= 15 is 0 Å². The number of carbonyl (C=O) groups is 1. The summed E-state index contributed by atoms with van der Waals surface area (Å²) in [6.07, 6.45) is 1.49. The summed E-state index contributed by atoms with van der Waals surface area (Å²) in [6, 6.07) is 3.47. The van der Waals surface area contributed by atoms with Crippen molar-refractivity contribution in [3.8, 4) is 0 Å². The molecule has 0 aromatic carbocycles. The molecule has 0 aliphatic heterocycles. The zero-order chi connectivity index (χ0) is 13.8. The molecule has 1 aromatic rings. The van der Waals surface area contributed by atoms with E-state index in [1.165, 1.54) is 6.20 Å². The minimum Gasteiger partial charge on any atom is -0.476 e. The summed E-state index contributed by atoms with van der Waals surface area (Å²) >= 11 is 0. The standard InChI is InChI=1S/C13H21N3O2/c1-13(2,9-16(3)4)8-15-10-6-5-7-14-11(10)12(17)18/h5-7,15H,8-9H2,1-4H3,(H,17,18). The number of anilines is 1. The van der Waals surface area contributed by atoms with Gasteiger partial charge in [-0.15, -0.1) is 0 Å². The van der Waals surface area contributed by atoms with Crippen LogP contribution in [0.5, 0.6) is 0 Å². The molecule has 1 heterocycles. The molecule has 5 nitrogen and oxygen atoms in total. The van der Waals surface area contributed by atoms with E-state index in [-0.39, 0.29) is 11.1 Å². The van der Waals surface area contributed by atoms with Crippen LogP contribution in [0.25, 0.3) is 0 Å². The Morgan fingerprint density at radius 3 is 2.72 bits per heavy atom. The summed E-state index contributed by atoms with van der Waals surface area (Å²) in [5.74, 6) is -1.01. The highest BCUT2D eigenvalue weighted by atomic mass is 16.4. The number of hydrogen-bond acceptors (Lipinski definition) is 4. The number of pyridine rings is 1. The summed E-state index contributed by atoms with van der Waals surface area (Å²) in [5, 5.41) is 12.2. The molecule has 1 rings (SSSR count). The van der Waals surface area contributed by atoms with Gasteiger partial charge in [-0.25, -0.2) is 9.78 Å². The average molecular weight is 251 g/mol. The van der Waals surface area contributed by atoms with E-state index < -0.39 is 5.97 Å². The van der Waals surface area contributed by atoms with Crippen LogP contribution in [0, 0.1) is 5.41 Å². The Morgan fingerprint density at radius 2 is 2.17 bits per heavy atom. The Morgan fingerprint density at radius 1 is 1.50 bits per heavy atom. The molecular weight excluding hydrogens is 230 g/mol. The van der Waals surface area contributed by atoms with Crippen LogP contribution in [0.4, 0.5) is 5.69 Å². The van der Waals surface area contributed by atoms with Gasteiger partial charge in [-0.3, -0.25) is 0 Å². The monoisotopic (exact) mass is 251 g/mol. The minimum atomic E-state index is -1.01. The van der Waals surface area contributed by atoms with Gasteiger partial charge in [-0.1, -0.05) is 13.8 Å². The van der Waals surface area contributed by atoms with Crippen molar-refractivity contribution in [1.29, 1.82) is 0 Å². The van der Waals surface area contributed by atoms with Crippen LogP contribution < -0.4 is 5.32 Å². The lowest BCUT2D eigenvalue weighted by molar-refractivity contribution is 0.0691. The van der Waals surface area contributed by atoms with E-state index in [9.17, 15) is 4.79 Å². The van der Waals surface area contributed by atoms with Crippen LogP contribution in [-0.2, 0) is 0 Å². The zero-order valence-corrected chi connectivity index (χ0v) is 11.4. The third-order valence-corrected chi connectivity index (χ3v) is 2.51. The molecule has 0 fully saturated rings. The van der Waals surface area contributed by atoms with Gasteiger partial charge < -0.3 is 15.3 Å². The molecule has 0 amide bonds. The fraction of sp³-hybridized carbons (Fsp3) is 0.538. The van der Waals surface area contributed by atoms with Gasteiger partial charge in [0.1, 0.15) is 0 Å². The predicted molar refractivity (Wildman–Crippen MR) is 72.0 cm³/mol. The molecule has 0 bridgehead atoms. The second kappa shape index (κ2) is 5.82. The normalized spacial score (nSPS) is 11.6. The molecule has 0 unspecified atom stereocenters. The summed E-state index contributed by atoms with van der Waals surface area (Å²) < 4.78 is 0. The molecule has 0 saturated carbocycles. The fourth-order valence-corrected chi connectivity index (χ4v) is 1.96. The number of aromatic carboxylic acids is 1. The van der Waals surface area contributed by atoms with Crippen LogP contribution in [0.15, 0.2) is 18.3 Å². The molecule has 0 saturated heterocycles. The number of nitrogens with zero attached hydrogens (tertiary/aromatic N) is 2. The predicted octanol–water partition coefficient (Wildman–Crippen LogP) is 1.78. The molecule has 0 radical (unpaired) electrons. The first kappa shape index (κ1) is 14.4. The van der Waals surface area contributed by atoms with Gasteiger partial charge in [0.15, 0.2) is 5.69 Å². The lowest BCUT2D eigenvalue weighted by Gasteiger charge is -2.29. The molecule has 0 aliphatic rings. The second-order valence-electron chi connectivity index (χ2n) is 5.46. The molecule has 100 valence electrons. The van der Waals surface area contributed by atoms with Crippen LogP contribution in [0.1, 0.15) is 24.3 Å². The Labute approximate surface area is 108 Å². The first-order chi connectivity index (χ1) is 8.32. The molecule has 0 aliphatic carbocycles. The smallest absolute Gasteiger partial charge is 0.356 e. The first-order valence-electron chi connectivity index (χ1n) is 5.89. The van der Waals surface area contributed by atoms with E-state index in [2.05, 4.69) is 29.0 Å². The summed E-state index contributed by atoms with van der Waals surface area (Å²) in [6.45, 7) is 5.88. The average Bonchev–Trinajstić information content (AvgIpc) is 2.25. The molecule has 5 heteroatoms. The summed E-state index contributed by atoms with van der Waals surface area (Å²) in [5.41, 5.74) is 0.685. The van der Waals surface area contributed by atoms with E-state index in [1.54, 1.807) is 12.1 Å². The Balaban J connectivity index is 2.71. The molecule has 2 N–H and O–H groups in total. The van der Waals surface area contributed by atoms with Gasteiger partial charge in [-0.2, -0.15) is 0 Å². The topological polar surface area (TPSA) is 65.5 Å².